The number of allylic oxidation sites excluding steroid dienone is 1. The number of esters is 1. The summed E-state index contributed by atoms with van der Waals surface area (Å²) in [5, 5.41) is 10.9. The first kappa shape index (κ1) is 16.5. The highest BCUT2D eigenvalue weighted by Crippen LogP contribution is 2.35. The molecule has 1 saturated carbocycles. The van der Waals surface area contributed by atoms with E-state index in [0.29, 0.717) is 0 Å². The molecule has 2 aliphatic rings. The maximum atomic E-state index is 12.6. The van der Waals surface area contributed by atoms with Crippen molar-refractivity contribution in [3.63, 3.8) is 0 Å². The lowest BCUT2D eigenvalue weighted by Gasteiger charge is -2.36. The molecule has 4 heteroatoms. The van der Waals surface area contributed by atoms with Crippen molar-refractivity contribution in [3.05, 3.63) is 12.2 Å². The van der Waals surface area contributed by atoms with Gasteiger partial charge in [-0.25, -0.2) is 4.79 Å². The van der Waals surface area contributed by atoms with Crippen molar-refractivity contribution in [2.75, 3.05) is 20.1 Å². The highest BCUT2D eigenvalue weighted by molar-refractivity contribution is 5.82. The van der Waals surface area contributed by atoms with Crippen molar-refractivity contribution in [2.45, 2.75) is 63.6 Å². The van der Waals surface area contributed by atoms with E-state index in [1.807, 2.05) is 6.92 Å². The molecule has 120 valence electrons. The van der Waals surface area contributed by atoms with Gasteiger partial charge in [0.2, 0.25) is 0 Å². The molecule has 0 aromatic carbocycles. The fraction of sp³-hybridized carbons (Fsp3) is 0.824. The van der Waals surface area contributed by atoms with Crippen molar-refractivity contribution < 1.29 is 14.6 Å². The number of carbonyl (C=O) groups is 1. The maximum Gasteiger partial charge on any atom is 0.342 e. The molecule has 0 radical (unpaired) electrons. The Balaban J connectivity index is 2.00. The van der Waals surface area contributed by atoms with Gasteiger partial charge in [-0.1, -0.05) is 25.3 Å². The molecule has 1 saturated heterocycles. The molecule has 2 fully saturated rings. The van der Waals surface area contributed by atoms with Crippen molar-refractivity contribution in [1.29, 1.82) is 0 Å². The predicted octanol–water partition coefficient (Wildman–Crippen LogP) is 2.51. The zero-order valence-corrected chi connectivity index (χ0v) is 13.4. The lowest BCUT2D eigenvalue weighted by Crippen LogP contribution is -2.48. The van der Waals surface area contributed by atoms with Crippen LogP contribution in [0, 0.1) is 5.92 Å². The van der Waals surface area contributed by atoms with Crippen LogP contribution < -0.4 is 0 Å². The van der Waals surface area contributed by atoms with Gasteiger partial charge in [0, 0.05) is 19.0 Å². The van der Waals surface area contributed by atoms with E-state index in [9.17, 15) is 9.90 Å². The molecule has 1 aliphatic carbocycles. The molecule has 0 aromatic rings. The molecule has 1 N–H and O–H groups in total. The van der Waals surface area contributed by atoms with Crippen LogP contribution in [0.1, 0.15) is 51.9 Å². The van der Waals surface area contributed by atoms with Gasteiger partial charge in [0.15, 0.2) is 5.60 Å². The Labute approximate surface area is 128 Å². The lowest BCUT2D eigenvalue weighted by molar-refractivity contribution is -0.174. The highest BCUT2D eigenvalue weighted by atomic mass is 16.6. The second-order valence-electron chi connectivity index (χ2n) is 6.57. The molecule has 4 nitrogen and oxygen atoms in total. The fourth-order valence-electron chi connectivity index (χ4n) is 3.52. The summed E-state index contributed by atoms with van der Waals surface area (Å²) in [6.45, 7) is 3.74. The standard InChI is InChI=1S/C17H29NO3/c1-3-11-17(20,14-7-5-4-6-8-14)16(19)21-15-9-12-18(2)13-10-15/h3,11,14-15,20H,4-10,12-13H2,1-2H3/b11-3-. The Hall–Kier alpha value is -0.870. The molecule has 1 atom stereocenters. The predicted molar refractivity (Wildman–Crippen MR) is 82.9 cm³/mol. The van der Waals surface area contributed by atoms with E-state index in [2.05, 4.69) is 11.9 Å². The summed E-state index contributed by atoms with van der Waals surface area (Å²) in [6.07, 6.45) is 10.3. The zero-order chi connectivity index (χ0) is 15.3. The Kier molecular flexibility index (Phi) is 5.82. The van der Waals surface area contributed by atoms with E-state index in [0.717, 1.165) is 51.6 Å². The molecule has 21 heavy (non-hydrogen) atoms. The van der Waals surface area contributed by atoms with Crippen LogP contribution in [0.2, 0.25) is 0 Å². The molecule has 0 amide bonds. The van der Waals surface area contributed by atoms with Crippen molar-refractivity contribution in [1.82, 2.24) is 4.90 Å². The van der Waals surface area contributed by atoms with Crippen molar-refractivity contribution >= 4 is 5.97 Å². The minimum atomic E-state index is -1.43. The number of aliphatic hydroxyl groups is 1. The second-order valence-corrected chi connectivity index (χ2v) is 6.57. The van der Waals surface area contributed by atoms with E-state index in [4.69, 9.17) is 4.74 Å². The van der Waals surface area contributed by atoms with E-state index >= 15 is 0 Å². The summed E-state index contributed by atoms with van der Waals surface area (Å²) in [6, 6.07) is 0. The third-order valence-corrected chi connectivity index (χ3v) is 4.91. The third kappa shape index (κ3) is 4.07. The molecule has 0 bridgehead atoms. The van der Waals surface area contributed by atoms with Gasteiger partial charge < -0.3 is 14.7 Å². The van der Waals surface area contributed by atoms with Gasteiger partial charge in [0.25, 0.3) is 0 Å². The molecular formula is C17H29NO3. The number of carbonyl (C=O) groups excluding carboxylic acids is 1. The Bertz CT molecular complexity index is 368. The zero-order valence-electron chi connectivity index (χ0n) is 13.4. The van der Waals surface area contributed by atoms with Gasteiger partial charge >= 0.3 is 5.97 Å². The first-order chi connectivity index (χ1) is 10.1. The van der Waals surface area contributed by atoms with Gasteiger partial charge in [0.05, 0.1) is 0 Å². The van der Waals surface area contributed by atoms with Crippen LogP contribution in [0.15, 0.2) is 12.2 Å². The first-order valence-electron chi connectivity index (χ1n) is 8.32. The monoisotopic (exact) mass is 295 g/mol. The van der Waals surface area contributed by atoms with E-state index in [-0.39, 0.29) is 12.0 Å². The maximum absolute atomic E-state index is 12.6. The normalized spacial score (nSPS) is 25.9. The topological polar surface area (TPSA) is 49.8 Å². The van der Waals surface area contributed by atoms with Gasteiger partial charge in [-0.15, -0.1) is 0 Å². The molecule has 1 aliphatic heterocycles. The number of hydrogen-bond donors (Lipinski definition) is 1. The van der Waals surface area contributed by atoms with E-state index in [1.165, 1.54) is 6.42 Å². The van der Waals surface area contributed by atoms with Crippen molar-refractivity contribution in [2.24, 2.45) is 5.92 Å². The average molecular weight is 295 g/mol. The molecule has 1 heterocycles. The number of rotatable bonds is 4. The quantitative estimate of drug-likeness (QED) is 0.639. The summed E-state index contributed by atoms with van der Waals surface area (Å²) in [5.41, 5.74) is -1.43. The molecule has 2 rings (SSSR count). The second kappa shape index (κ2) is 7.41. The van der Waals surface area contributed by atoms with Crippen LogP contribution in [0.5, 0.6) is 0 Å². The van der Waals surface area contributed by atoms with Crippen molar-refractivity contribution in [3.8, 4) is 0 Å². The van der Waals surface area contributed by atoms with Crippen LogP contribution in [0.3, 0.4) is 0 Å². The fourth-order valence-corrected chi connectivity index (χ4v) is 3.52. The van der Waals surface area contributed by atoms with E-state index < -0.39 is 11.6 Å². The minimum absolute atomic E-state index is 0.00112. The van der Waals surface area contributed by atoms with Crippen LogP contribution in [0.4, 0.5) is 0 Å². The Morgan fingerprint density at radius 3 is 2.38 bits per heavy atom. The summed E-state index contributed by atoms with van der Waals surface area (Å²) in [4.78, 5) is 14.8. The first-order valence-corrected chi connectivity index (χ1v) is 8.32. The number of piperidine rings is 1. The van der Waals surface area contributed by atoms with E-state index in [1.54, 1.807) is 12.2 Å². The molecule has 1 unspecified atom stereocenters. The number of nitrogens with zero attached hydrogens (tertiary/aromatic N) is 1. The smallest absolute Gasteiger partial charge is 0.342 e. The molecule has 0 aromatic heterocycles. The summed E-state index contributed by atoms with van der Waals surface area (Å²) >= 11 is 0. The third-order valence-electron chi connectivity index (χ3n) is 4.91. The van der Waals surface area contributed by atoms with Crippen LogP contribution in [-0.4, -0.2) is 47.8 Å². The van der Waals surface area contributed by atoms with Crippen LogP contribution in [-0.2, 0) is 9.53 Å². The SMILES string of the molecule is C/C=C\C(O)(C(=O)OC1CCN(C)CC1)C1CCCCC1. The van der Waals surface area contributed by atoms with Gasteiger partial charge in [-0.2, -0.15) is 0 Å². The number of hydrogen-bond acceptors (Lipinski definition) is 4. The lowest BCUT2D eigenvalue weighted by atomic mass is 9.76. The van der Waals surface area contributed by atoms with Crippen LogP contribution in [0.25, 0.3) is 0 Å². The molecular weight excluding hydrogens is 266 g/mol. The van der Waals surface area contributed by atoms with Gasteiger partial charge in [-0.3, -0.25) is 0 Å². The number of ether oxygens (including phenoxy) is 1. The van der Waals surface area contributed by atoms with Gasteiger partial charge in [0.1, 0.15) is 6.10 Å². The Morgan fingerprint density at radius 2 is 1.81 bits per heavy atom. The molecule has 0 spiro atoms. The Morgan fingerprint density at radius 1 is 1.19 bits per heavy atom. The average Bonchev–Trinajstić information content (AvgIpc) is 2.50. The number of likely N-dealkylation sites (tertiary alicyclic amines) is 1. The summed E-state index contributed by atoms with van der Waals surface area (Å²) in [5.74, 6) is -0.441. The summed E-state index contributed by atoms with van der Waals surface area (Å²) in [7, 11) is 2.08. The van der Waals surface area contributed by atoms with Gasteiger partial charge in [-0.05, 0) is 45.7 Å². The minimum Gasteiger partial charge on any atom is -0.460 e. The highest BCUT2D eigenvalue weighted by Gasteiger charge is 2.44. The largest absolute Gasteiger partial charge is 0.460 e. The van der Waals surface area contributed by atoms with Crippen LogP contribution >= 0.6 is 0 Å². The summed E-state index contributed by atoms with van der Waals surface area (Å²) < 4.78 is 5.64.